The van der Waals surface area contributed by atoms with Gasteiger partial charge in [-0.15, -0.1) is 0 Å². The molecule has 2 nitrogen and oxygen atoms in total. The number of hydrogen-bond donors (Lipinski definition) is 0. The Kier molecular flexibility index (Phi) is 3.32. The molecule has 1 aromatic carbocycles. The first-order valence-corrected chi connectivity index (χ1v) is 6.06. The van der Waals surface area contributed by atoms with Crippen molar-refractivity contribution in [3.63, 3.8) is 0 Å². The van der Waals surface area contributed by atoms with Crippen LogP contribution in [0.5, 0.6) is 0 Å². The van der Waals surface area contributed by atoms with E-state index in [1.165, 1.54) is 12.1 Å². The fourth-order valence-corrected chi connectivity index (χ4v) is 1.78. The summed E-state index contributed by atoms with van der Waals surface area (Å²) >= 11 is 0. The molecule has 0 N–H and O–H groups in total. The van der Waals surface area contributed by atoms with Gasteiger partial charge in [-0.2, -0.15) is 13.2 Å². The Balaban J connectivity index is 2.21. The van der Waals surface area contributed by atoms with E-state index < -0.39 is 11.7 Å². The number of alkyl halides is 3. The second-order valence-corrected chi connectivity index (χ2v) is 5.70. The minimum absolute atomic E-state index is 0.0202. The topological polar surface area (TPSA) is 21.6 Å². The average molecular weight is 271 g/mol. The molecule has 0 aromatic heterocycles. The summed E-state index contributed by atoms with van der Waals surface area (Å²) in [5.74, 6) is 0.425. The predicted octanol–water partition coefficient (Wildman–Crippen LogP) is 3.90. The Morgan fingerprint density at radius 1 is 1.11 bits per heavy atom. The molecule has 2 rings (SSSR count). The van der Waals surface area contributed by atoms with Crippen molar-refractivity contribution in [2.24, 2.45) is 10.4 Å². The summed E-state index contributed by atoms with van der Waals surface area (Å²) in [5, 5.41) is 0. The molecular formula is C14H16F3NO. The number of rotatable bonds is 1. The Morgan fingerprint density at radius 2 is 1.68 bits per heavy atom. The molecule has 0 aliphatic carbocycles. The van der Waals surface area contributed by atoms with Crippen LogP contribution in [0.1, 0.15) is 31.9 Å². The summed E-state index contributed by atoms with van der Waals surface area (Å²) in [6.45, 7) is 6.64. The number of ether oxygens (including phenoxy) is 1. The van der Waals surface area contributed by atoms with Gasteiger partial charge in [-0.3, -0.25) is 0 Å². The van der Waals surface area contributed by atoms with Crippen molar-refractivity contribution in [3.05, 3.63) is 35.4 Å². The molecule has 0 spiro atoms. The van der Waals surface area contributed by atoms with Crippen LogP contribution in [0.15, 0.2) is 29.3 Å². The lowest BCUT2D eigenvalue weighted by Crippen LogP contribution is -2.25. The molecule has 1 aromatic rings. The lowest BCUT2D eigenvalue weighted by Gasteiger charge is -2.21. The van der Waals surface area contributed by atoms with Crippen LogP contribution in [-0.2, 0) is 10.9 Å². The van der Waals surface area contributed by atoms with Gasteiger partial charge in [0.1, 0.15) is 6.61 Å². The summed E-state index contributed by atoms with van der Waals surface area (Å²) in [6, 6.07) is 4.92. The van der Waals surface area contributed by atoms with Gasteiger partial charge in [-0.1, -0.05) is 20.8 Å². The van der Waals surface area contributed by atoms with Crippen LogP contribution in [0, 0.1) is 5.41 Å². The van der Waals surface area contributed by atoms with Crippen molar-refractivity contribution in [3.8, 4) is 0 Å². The van der Waals surface area contributed by atoms with Crippen molar-refractivity contribution in [1.82, 2.24) is 0 Å². The van der Waals surface area contributed by atoms with Crippen molar-refractivity contribution >= 4 is 5.90 Å². The van der Waals surface area contributed by atoms with Crippen LogP contribution in [0.2, 0.25) is 0 Å². The van der Waals surface area contributed by atoms with E-state index in [1.54, 1.807) is 0 Å². The van der Waals surface area contributed by atoms with Gasteiger partial charge < -0.3 is 4.74 Å². The molecule has 19 heavy (non-hydrogen) atoms. The number of hydrogen-bond acceptors (Lipinski definition) is 2. The van der Waals surface area contributed by atoms with Gasteiger partial charge in [0.25, 0.3) is 0 Å². The van der Waals surface area contributed by atoms with Gasteiger partial charge in [-0.25, -0.2) is 4.99 Å². The Hall–Kier alpha value is -1.52. The lowest BCUT2D eigenvalue weighted by molar-refractivity contribution is -0.137. The van der Waals surface area contributed by atoms with Gasteiger partial charge in [0.05, 0.1) is 11.6 Å². The summed E-state index contributed by atoms with van der Waals surface area (Å²) < 4.78 is 42.8. The highest BCUT2D eigenvalue weighted by molar-refractivity contribution is 5.95. The van der Waals surface area contributed by atoms with Gasteiger partial charge in [0.15, 0.2) is 0 Å². The van der Waals surface area contributed by atoms with Crippen LogP contribution in [-0.4, -0.2) is 18.5 Å². The molecule has 1 atom stereocenters. The van der Waals surface area contributed by atoms with Crippen LogP contribution in [0.3, 0.4) is 0 Å². The summed E-state index contributed by atoms with van der Waals surface area (Å²) in [5.41, 5.74) is -0.102. The third-order valence-corrected chi connectivity index (χ3v) is 3.11. The molecule has 0 unspecified atom stereocenters. The van der Waals surface area contributed by atoms with Gasteiger partial charge in [0.2, 0.25) is 5.90 Å². The molecule has 0 fully saturated rings. The fourth-order valence-electron chi connectivity index (χ4n) is 1.78. The molecule has 5 heteroatoms. The SMILES string of the molecule is CC(C)(C)[C@@H]1COC(c2ccc(C(F)(F)F)cc2)=N1. The summed E-state index contributed by atoms with van der Waals surface area (Å²) in [6.07, 6.45) is -4.31. The van der Waals surface area contributed by atoms with E-state index >= 15 is 0 Å². The predicted molar refractivity (Wildman–Crippen MR) is 67.2 cm³/mol. The zero-order chi connectivity index (χ0) is 14.3. The maximum Gasteiger partial charge on any atom is 0.416 e. The van der Waals surface area contributed by atoms with Crippen molar-refractivity contribution in [2.75, 3.05) is 6.61 Å². The monoisotopic (exact) mass is 271 g/mol. The molecule has 0 bridgehead atoms. The highest BCUT2D eigenvalue weighted by Gasteiger charge is 2.32. The Bertz CT molecular complexity index is 483. The Morgan fingerprint density at radius 3 is 2.11 bits per heavy atom. The fraction of sp³-hybridized carbons (Fsp3) is 0.500. The molecule has 1 aliphatic rings. The van der Waals surface area contributed by atoms with Gasteiger partial charge in [-0.05, 0) is 29.7 Å². The summed E-state index contributed by atoms with van der Waals surface area (Å²) in [7, 11) is 0. The highest BCUT2D eigenvalue weighted by Crippen LogP contribution is 2.30. The van der Waals surface area contributed by atoms with E-state index in [4.69, 9.17) is 4.74 Å². The standard InChI is InChI=1S/C14H16F3NO/c1-13(2,3)11-8-19-12(18-11)9-4-6-10(7-5-9)14(15,16)17/h4-7,11H,8H2,1-3H3/t11-/m0/s1. The smallest absolute Gasteiger partial charge is 0.416 e. The van der Waals surface area contributed by atoms with Crippen LogP contribution in [0.25, 0.3) is 0 Å². The first-order valence-electron chi connectivity index (χ1n) is 6.06. The number of benzene rings is 1. The van der Waals surface area contributed by atoms with E-state index in [1.807, 2.05) is 0 Å². The average Bonchev–Trinajstić information content (AvgIpc) is 2.77. The number of aliphatic imine (C=N–C) groups is 1. The van der Waals surface area contributed by atoms with Crippen LogP contribution >= 0.6 is 0 Å². The minimum Gasteiger partial charge on any atom is -0.475 e. The maximum absolute atomic E-state index is 12.5. The molecular weight excluding hydrogens is 255 g/mol. The largest absolute Gasteiger partial charge is 0.475 e. The molecule has 104 valence electrons. The van der Waals surface area contributed by atoms with Gasteiger partial charge >= 0.3 is 6.18 Å². The molecule has 0 amide bonds. The van der Waals surface area contributed by atoms with E-state index in [0.717, 1.165) is 12.1 Å². The second kappa shape index (κ2) is 4.54. The normalized spacial score (nSPS) is 20.1. The number of nitrogens with zero attached hydrogens (tertiary/aromatic N) is 1. The molecule has 0 saturated heterocycles. The first-order chi connectivity index (χ1) is 8.68. The molecule has 1 aliphatic heterocycles. The third-order valence-electron chi connectivity index (χ3n) is 3.11. The zero-order valence-electron chi connectivity index (χ0n) is 11.1. The first kappa shape index (κ1) is 13.9. The van der Waals surface area contributed by atoms with E-state index in [0.29, 0.717) is 18.1 Å². The minimum atomic E-state index is -4.31. The van der Waals surface area contributed by atoms with Crippen molar-refractivity contribution in [1.29, 1.82) is 0 Å². The number of halogens is 3. The highest BCUT2D eigenvalue weighted by atomic mass is 19.4. The van der Waals surface area contributed by atoms with E-state index in [9.17, 15) is 13.2 Å². The van der Waals surface area contributed by atoms with Crippen LogP contribution in [0.4, 0.5) is 13.2 Å². The van der Waals surface area contributed by atoms with E-state index in [-0.39, 0.29) is 11.5 Å². The molecule has 0 radical (unpaired) electrons. The van der Waals surface area contributed by atoms with Crippen molar-refractivity contribution < 1.29 is 17.9 Å². The maximum atomic E-state index is 12.5. The van der Waals surface area contributed by atoms with Crippen molar-refractivity contribution in [2.45, 2.75) is 33.0 Å². The molecule has 1 heterocycles. The Labute approximate surface area is 110 Å². The third kappa shape index (κ3) is 3.08. The van der Waals surface area contributed by atoms with Crippen LogP contribution < -0.4 is 0 Å². The van der Waals surface area contributed by atoms with Gasteiger partial charge in [0, 0.05) is 5.56 Å². The zero-order valence-corrected chi connectivity index (χ0v) is 11.1. The van der Waals surface area contributed by atoms with E-state index in [2.05, 4.69) is 25.8 Å². The molecule has 0 saturated carbocycles. The summed E-state index contributed by atoms with van der Waals surface area (Å²) in [4.78, 5) is 4.43. The second-order valence-electron chi connectivity index (χ2n) is 5.70. The lowest BCUT2D eigenvalue weighted by atomic mass is 9.88. The quantitative estimate of drug-likeness (QED) is 0.759.